The molecule has 0 radical (unpaired) electrons. The predicted octanol–water partition coefficient (Wildman–Crippen LogP) is 0.700. The van der Waals surface area contributed by atoms with Gasteiger partial charge in [0, 0.05) is 13.1 Å². The van der Waals surface area contributed by atoms with Crippen molar-refractivity contribution in [1.82, 2.24) is 4.90 Å². The van der Waals surface area contributed by atoms with Gasteiger partial charge in [0.25, 0.3) is 5.91 Å². The summed E-state index contributed by atoms with van der Waals surface area (Å²) in [7, 11) is -2.82. The second-order valence-electron chi connectivity index (χ2n) is 4.86. The summed E-state index contributed by atoms with van der Waals surface area (Å²) in [6.07, 6.45) is 3.07. The Labute approximate surface area is 146 Å². The number of carbonyl (C=O) groups excluding carboxylic acids is 2. The van der Waals surface area contributed by atoms with Gasteiger partial charge in [0.2, 0.25) is 10.0 Å². The molecule has 0 atom stereocenters. The van der Waals surface area contributed by atoms with Crippen LogP contribution < -0.4 is 9.88 Å². The monoisotopic (exact) mass is 368 g/mol. The van der Waals surface area contributed by atoms with Crippen LogP contribution in [0.5, 0.6) is 5.75 Å². The zero-order valence-corrected chi connectivity index (χ0v) is 14.6. The number of amides is 1. The largest absolute Gasteiger partial charge is 0.495 e. The fourth-order valence-corrected chi connectivity index (χ4v) is 2.64. The van der Waals surface area contributed by atoms with E-state index in [0.717, 1.165) is 6.07 Å². The number of benzene rings is 1. The summed E-state index contributed by atoms with van der Waals surface area (Å²) in [4.78, 5) is 25.1. The van der Waals surface area contributed by atoms with Crippen LogP contribution >= 0.6 is 0 Å². The van der Waals surface area contributed by atoms with Crippen LogP contribution in [-0.2, 0) is 19.6 Å². The molecule has 0 aliphatic rings. The zero-order chi connectivity index (χ0) is 19.0. The molecule has 0 aromatic heterocycles. The Morgan fingerprint density at radius 2 is 1.84 bits per heavy atom. The van der Waals surface area contributed by atoms with E-state index in [1.807, 2.05) is 0 Å². The van der Waals surface area contributed by atoms with E-state index in [4.69, 9.17) is 14.6 Å². The Morgan fingerprint density at radius 3 is 2.32 bits per heavy atom. The third-order valence-corrected chi connectivity index (χ3v) is 4.02. The summed E-state index contributed by atoms with van der Waals surface area (Å²) in [6.45, 7) is 7.13. The molecule has 0 saturated heterocycles. The highest BCUT2D eigenvalue weighted by molar-refractivity contribution is 7.89. The van der Waals surface area contributed by atoms with Crippen molar-refractivity contribution in [3.8, 4) is 5.75 Å². The van der Waals surface area contributed by atoms with E-state index in [2.05, 4.69) is 13.2 Å². The number of ether oxygens (including phenoxy) is 2. The summed E-state index contributed by atoms with van der Waals surface area (Å²) in [5.74, 6) is -1.30. The molecule has 1 amide bonds. The molecule has 0 saturated carbocycles. The topological polar surface area (TPSA) is 116 Å². The number of primary sulfonamides is 1. The maximum atomic E-state index is 12.1. The van der Waals surface area contributed by atoms with Crippen LogP contribution in [0.1, 0.15) is 10.4 Å². The minimum absolute atomic E-state index is 0.00160. The van der Waals surface area contributed by atoms with Crippen LogP contribution in [0.15, 0.2) is 48.4 Å². The van der Waals surface area contributed by atoms with Crippen LogP contribution in [0.4, 0.5) is 0 Å². The van der Waals surface area contributed by atoms with E-state index in [1.165, 1.54) is 36.3 Å². The van der Waals surface area contributed by atoms with Crippen LogP contribution in [0.25, 0.3) is 0 Å². The average Bonchev–Trinajstić information content (AvgIpc) is 2.57. The molecular weight excluding hydrogens is 348 g/mol. The predicted molar refractivity (Wildman–Crippen MR) is 91.6 cm³/mol. The standard InChI is InChI=1S/C16H20N2O6S/c1-4-8-18(9-5-2)15(19)11-24-16(20)12-6-7-13(23-3)14(10-12)25(17,21)22/h4-7,10H,1-2,8-9,11H2,3H3,(H2,17,21,22). The fraction of sp³-hybridized carbons (Fsp3) is 0.250. The Balaban J connectivity index is 2.89. The molecular formula is C16H20N2O6S. The number of hydrogen-bond donors (Lipinski definition) is 1. The normalized spacial score (nSPS) is 10.6. The molecule has 25 heavy (non-hydrogen) atoms. The number of nitrogens with zero attached hydrogens (tertiary/aromatic N) is 1. The summed E-state index contributed by atoms with van der Waals surface area (Å²) >= 11 is 0. The molecule has 2 N–H and O–H groups in total. The Morgan fingerprint density at radius 1 is 1.24 bits per heavy atom. The maximum absolute atomic E-state index is 12.1. The van der Waals surface area contributed by atoms with Crippen LogP contribution in [0, 0.1) is 0 Å². The molecule has 9 heteroatoms. The lowest BCUT2D eigenvalue weighted by Crippen LogP contribution is -2.35. The quantitative estimate of drug-likeness (QED) is 0.507. The highest BCUT2D eigenvalue weighted by Gasteiger charge is 2.20. The van der Waals surface area contributed by atoms with Crippen molar-refractivity contribution >= 4 is 21.9 Å². The number of esters is 1. The molecule has 0 spiro atoms. The SMILES string of the molecule is C=CCN(CC=C)C(=O)COC(=O)c1ccc(OC)c(S(N)(=O)=O)c1. The Bertz CT molecular complexity index is 763. The molecule has 136 valence electrons. The first kappa shape index (κ1) is 20.4. The van der Waals surface area contributed by atoms with E-state index in [9.17, 15) is 18.0 Å². The first-order chi connectivity index (χ1) is 11.7. The van der Waals surface area contributed by atoms with Crippen molar-refractivity contribution in [3.63, 3.8) is 0 Å². The number of carbonyl (C=O) groups is 2. The number of rotatable bonds is 9. The molecule has 1 aromatic rings. The number of methoxy groups -OCH3 is 1. The zero-order valence-electron chi connectivity index (χ0n) is 13.8. The maximum Gasteiger partial charge on any atom is 0.338 e. The third-order valence-electron chi connectivity index (χ3n) is 3.08. The van der Waals surface area contributed by atoms with Crippen molar-refractivity contribution in [2.75, 3.05) is 26.8 Å². The van der Waals surface area contributed by atoms with Gasteiger partial charge in [0.05, 0.1) is 12.7 Å². The van der Waals surface area contributed by atoms with Gasteiger partial charge in [-0.25, -0.2) is 18.4 Å². The summed E-state index contributed by atoms with van der Waals surface area (Å²) < 4.78 is 32.9. The van der Waals surface area contributed by atoms with E-state index < -0.39 is 28.5 Å². The second-order valence-corrected chi connectivity index (χ2v) is 6.39. The molecule has 1 aromatic carbocycles. The number of hydrogen-bond acceptors (Lipinski definition) is 6. The highest BCUT2D eigenvalue weighted by Crippen LogP contribution is 2.24. The van der Waals surface area contributed by atoms with Gasteiger partial charge >= 0.3 is 5.97 Å². The molecule has 0 bridgehead atoms. The molecule has 0 unspecified atom stereocenters. The van der Waals surface area contributed by atoms with E-state index in [-0.39, 0.29) is 29.3 Å². The smallest absolute Gasteiger partial charge is 0.338 e. The first-order valence-corrected chi connectivity index (χ1v) is 8.66. The molecule has 0 aliphatic heterocycles. The van der Waals surface area contributed by atoms with Crippen LogP contribution in [-0.4, -0.2) is 52.0 Å². The minimum Gasteiger partial charge on any atom is -0.495 e. The van der Waals surface area contributed by atoms with Gasteiger partial charge < -0.3 is 14.4 Å². The summed E-state index contributed by atoms with van der Waals surface area (Å²) in [5, 5.41) is 5.09. The van der Waals surface area contributed by atoms with Crippen molar-refractivity contribution in [1.29, 1.82) is 0 Å². The minimum atomic E-state index is -4.09. The van der Waals surface area contributed by atoms with E-state index >= 15 is 0 Å². The summed E-state index contributed by atoms with van der Waals surface area (Å²) in [5.41, 5.74) is -0.0726. The van der Waals surface area contributed by atoms with Crippen LogP contribution in [0.3, 0.4) is 0 Å². The molecule has 8 nitrogen and oxygen atoms in total. The van der Waals surface area contributed by atoms with Gasteiger partial charge in [0.1, 0.15) is 10.6 Å². The van der Waals surface area contributed by atoms with Gasteiger partial charge in [-0.1, -0.05) is 12.2 Å². The third kappa shape index (κ3) is 5.73. The molecule has 1 rings (SSSR count). The number of sulfonamides is 1. The van der Waals surface area contributed by atoms with Crippen molar-refractivity contribution in [2.45, 2.75) is 4.90 Å². The summed E-state index contributed by atoms with van der Waals surface area (Å²) in [6, 6.07) is 3.62. The Kier molecular flexibility index (Phi) is 7.34. The van der Waals surface area contributed by atoms with Gasteiger partial charge in [0.15, 0.2) is 6.61 Å². The van der Waals surface area contributed by atoms with Gasteiger partial charge in [-0.05, 0) is 18.2 Å². The second kappa shape index (κ2) is 9.00. The van der Waals surface area contributed by atoms with E-state index in [1.54, 1.807) is 0 Å². The van der Waals surface area contributed by atoms with Crippen molar-refractivity contribution in [2.24, 2.45) is 5.14 Å². The molecule has 0 fully saturated rings. The van der Waals surface area contributed by atoms with Gasteiger partial charge in [-0.15, -0.1) is 13.2 Å². The fourth-order valence-electron chi connectivity index (χ4n) is 1.92. The average molecular weight is 368 g/mol. The van der Waals surface area contributed by atoms with Crippen molar-refractivity contribution < 1.29 is 27.5 Å². The molecule has 0 aliphatic carbocycles. The lowest BCUT2D eigenvalue weighted by atomic mass is 10.2. The number of nitrogens with two attached hydrogens (primary N) is 1. The molecule has 0 heterocycles. The lowest BCUT2D eigenvalue weighted by Gasteiger charge is -2.19. The van der Waals surface area contributed by atoms with Gasteiger partial charge in [-0.2, -0.15) is 0 Å². The highest BCUT2D eigenvalue weighted by atomic mass is 32.2. The lowest BCUT2D eigenvalue weighted by molar-refractivity contribution is -0.133. The van der Waals surface area contributed by atoms with E-state index in [0.29, 0.717) is 0 Å². The van der Waals surface area contributed by atoms with Gasteiger partial charge in [-0.3, -0.25) is 4.79 Å². The van der Waals surface area contributed by atoms with Crippen LogP contribution in [0.2, 0.25) is 0 Å². The first-order valence-electron chi connectivity index (χ1n) is 7.12. The van der Waals surface area contributed by atoms with Crippen molar-refractivity contribution in [3.05, 3.63) is 49.1 Å². The Hall–Kier alpha value is -2.65.